The molecule has 0 unspecified atom stereocenters. The topological polar surface area (TPSA) is 98.3 Å². The van der Waals surface area contributed by atoms with Crippen LogP contribution in [0.25, 0.3) is 26.9 Å². The second-order valence-electron chi connectivity index (χ2n) is 4.31. The molecule has 0 atom stereocenters. The SMILES string of the molecule is COc1ccc2[nH]c3c(=O)n4nc(N)sc4nc3c2c1. The molecular formula is C12H9N5O2S. The summed E-state index contributed by atoms with van der Waals surface area (Å²) in [4.78, 5) is 20.4. The number of nitrogens with two attached hydrogens (primary N) is 1. The normalized spacial score (nSPS) is 11.7. The van der Waals surface area contributed by atoms with Gasteiger partial charge < -0.3 is 15.5 Å². The summed E-state index contributed by atoms with van der Waals surface area (Å²) in [5.74, 6) is 0.712. The van der Waals surface area contributed by atoms with Crippen LogP contribution in [0, 0.1) is 0 Å². The zero-order valence-electron chi connectivity index (χ0n) is 10.4. The first kappa shape index (κ1) is 11.2. The molecule has 0 aliphatic heterocycles. The molecule has 0 aliphatic carbocycles. The van der Waals surface area contributed by atoms with Crippen LogP contribution < -0.4 is 16.0 Å². The van der Waals surface area contributed by atoms with Gasteiger partial charge in [-0.15, -0.1) is 5.10 Å². The highest BCUT2D eigenvalue weighted by atomic mass is 32.1. The van der Waals surface area contributed by atoms with E-state index in [1.54, 1.807) is 7.11 Å². The number of benzene rings is 1. The number of fused-ring (bicyclic) bond motifs is 4. The van der Waals surface area contributed by atoms with Crippen molar-refractivity contribution in [3.63, 3.8) is 0 Å². The van der Waals surface area contributed by atoms with E-state index in [1.807, 2.05) is 18.2 Å². The predicted octanol–water partition coefficient (Wildman–Crippen LogP) is 1.38. The molecule has 7 nitrogen and oxygen atoms in total. The predicted molar refractivity (Wildman–Crippen MR) is 77.5 cm³/mol. The molecule has 4 aromatic rings. The molecule has 0 radical (unpaired) electrons. The number of anilines is 1. The third-order valence-corrected chi connectivity index (χ3v) is 3.91. The van der Waals surface area contributed by atoms with Gasteiger partial charge in [0.2, 0.25) is 10.1 Å². The minimum absolute atomic E-state index is 0.256. The van der Waals surface area contributed by atoms with Crippen molar-refractivity contribution in [2.24, 2.45) is 0 Å². The number of nitrogens with zero attached hydrogens (tertiary/aromatic N) is 3. The second-order valence-corrected chi connectivity index (χ2v) is 5.30. The third kappa shape index (κ3) is 1.36. The van der Waals surface area contributed by atoms with E-state index in [1.165, 1.54) is 15.9 Å². The summed E-state index contributed by atoms with van der Waals surface area (Å²) in [6, 6.07) is 5.53. The molecule has 0 spiro atoms. The highest BCUT2D eigenvalue weighted by Gasteiger charge is 2.14. The average Bonchev–Trinajstić information content (AvgIpc) is 2.99. The van der Waals surface area contributed by atoms with Crippen molar-refractivity contribution in [1.29, 1.82) is 0 Å². The van der Waals surface area contributed by atoms with Gasteiger partial charge in [-0.2, -0.15) is 4.52 Å². The van der Waals surface area contributed by atoms with E-state index in [4.69, 9.17) is 10.5 Å². The Bertz CT molecular complexity index is 1030. The van der Waals surface area contributed by atoms with Gasteiger partial charge >= 0.3 is 0 Å². The van der Waals surface area contributed by atoms with Crippen LogP contribution in [0.1, 0.15) is 0 Å². The third-order valence-electron chi connectivity index (χ3n) is 3.17. The molecule has 4 rings (SSSR count). The van der Waals surface area contributed by atoms with Crippen molar-refractivity contribution in [2.45, 2.75) is 0 Å². The lowest BCUT2D eigenvalue weighted by Gasteiger charge is -1.98. The van der Waals surface area contributed by atoms with Gasteiger partial charge in [-0.1, -0.05) is 11.3 Å². The van der Waals surface area contributed by atoms with Gasteiger partial charge in [0.1, 0.15) is 16.8 Å². The van der Waals surface area contributed by atoms with Crippen LogP contribution in [-0.4, -0.2) is 26.7 Å². The summed E-state index contributed by atoms with van der Waals surface area (Å²) in [7, 11) is 1.60. The Hall–Kier alpha value is -2.61. The van der Waals surface area contributed by atoms with Gasteiger partial charge in [-0.25, -0.2) is 4.98 Å². The van der Waals surface area contributed by atoms with Crippen LogP contribution >= 0.6 is 11.3 Å². The molecule has 1 aromatic carbocycles. The van der Waals surface area contributed by atoms with Gasteiger partial charge in [0.05, 0.1) is 7.11 Å². The number of hydrogen-bond donors (Lipinski definition) is 2. The van der Waals surface area contributed by atoms with Gasteiger partial charge in [-0.3, -0.25) is 4.79 Å². The van der Waals surface area contributed by atoms with Crippen LogP contribution in [0.2, 0.25) is 0 Å². The molecule has 3 heterocycles. The summed E-state index contributed by atoms with van der Waals surface area (Å²) < 4.78 is 6.42. The lowest BCUT2D eigenvalue weighted by molar-refractivity contribution is 0.415. The van der Waals surface area contributed by atoms with E-state index < -0.39 is 0 Å². The summed E-state index contributed by atoms with van der Waals surface area (Å²) in [6.45, 7) is 0. The van der Waals surface area contributed by atoms with Crippen molar-refractivity contribution in [3.8, 4) is 5.75 Å². The largest absolute Gasteiger partial charge is 0.497 e. The van der Waals surface area contributed by atoms with Crippen molar-refractivity contribution >= 4 is 43.4 Å². The van der Waals surface area contributed by atoms with Crippen molar-refractivity contribution < 1.29 is 4.74 Å². The van der Waals surface area contributed by atoms with Crippen molar-refractivity contribution in [1.82, 2.24) is 19.6 Å². The Morgan fingerprint density at radius 1 is 1.45 bits per heavy atom. The van der Waals surface area contributed by atoms with Gasteiger partial charge in [-0.05, 0) is 18.2 Å². The zero-order valence-corrected chi connectivity index (χ0v) is 11.2. The number of rotatable bonds is 1. The Morgan fingerprint density at radius 2 is 2.30 bits per heavy atom. The highest BCUT2D eigenvalue weighted by Crippen LogP contribution is 2.27. The molecular weight excluding hydrogens is 278 g/mol. The lowest BCUT2D eigenvalue weighted by Crippen LogP contribution is -2.15. The van der Waals surface area contributed by atoms with Gasteiger partial charge in [0.15, 0.2) is 0 Å². The first-order chi connectivity index (χ1) is 9.67. The maximum atomic E-state index is 12.4. The number of hydrogen-bond acceptors (Lipinski definition) is 6. The first-order valence-corrected chi connectivity index (χ1v) is 6.64. The summed E-state index contributed by atoms with van der Waals surface area (Å²) in [6.07, 6.45) is 0. The number of nitrogens with one attached hydrogen (secondary N) is 1. The standard InChI is InChI=1S/C12H9N5O2S/c1-19-5-2-3-7-6(4-5)8-9(14-7)10(18)17-12(15-8)20-11(13)16-17/h2-4,14H,1H3,(H2,13,16). The first-order valence-electron chi connectivity index (χ1n) is 5.82. The number of aromatic amines is 1. The van der Waals surface area contributed by atoms with E-state index in [2.05, 4.69) is 15.1 Å². The minimum atomic E-state index is -0.256. The molecule has 0 amide bonds. The Morgan fingerprint density at radius 3 is 3.10 bits per heavy atom. The van der Waals surface area contributed by atoms with Crippen molar-refractivity contribution in [2.75, 3.05) is 12.8 Å². The Kier molecular flexibility index (Phi) is 2.08. The molecule has 8 heteroatoms. The molecule has 0 aliphatic rings. The molecule has 0 fully saturated rings. The molecule has 20 heavy (non-hydrogen) atoms. The van der Waals surface area contributed by atoms with E-state index >= 15 is 0 Å². The number of ether oxygens (including phenoxy) is 1. The van der Waals surface area contributed by atoms with Gasteiger partial charge in [0, 0.05) is 10.9 Å². The highest BCUT2D eigenvalue weighted by molar-refractivity contribution is 7.20. The van der Waals surface area contributed by atoms with Crippen molar-refractivity contribution in [3.05, 3.63) is 28.6 Å². The minimum Gasteiger partial charge on any atom is -0.497 e. The fraction of sp³-hybridized carbons (Fsp3) is 0.0833. The molecule has 0 bridgehead atoms. The van der Waals surface area contributed by atoms with Crippen LogP contribution in [0.3, 0.4) is 0 Å². The fourth-order valence-corrected chi connectivity index (χ4v) is 2.91. The van der Waals surface area contributed by atoms with E-state index in [0.717, 1.165) is 10.9 Å². The smallest absolute Gasteiger partial charge is 0.299 e. The van der Waals surface area contributed by atoms with Crippen LogP contribution in [0.15, 0.2) is 23.0 Å². The van der Waals surface area contributed by atoms with Crippen LogP contribution in [0.4, 0.5) is 5.13 Å². The molecule has 0 saturated carbocycles. The Labute approximate surface area is 115 Å². The van der Waals surface area contributed by atoms with E-state index in [0.29, 0.717) is 26.9 Å². The lowest BCUT2D eigenvalue weighted by atomic mass is 10.2. The molecule has 3 N–H and O–H groups in total. The fourth-order valence-electron chi connectivity index (χ4n) is 2.26. The van der Waals surface area contributed by atoms with Crippen LogP contribution in [0.5, 0.6) is 5.75 Å². The summed E-state index contributed by atoms with van der Waals surface area (Å²) in [5, 5.41) is 5.11. The zero-order chi connectivity index (χ0) is 13.9. The number of nitrogen functional groups attached to an aromatic ring is 1. The molecule has 0 saturated heterocycles. The Balaban J connectivity index is 2.24. The second kappa shape index (κ2) is 3.70. The summed E-state index contributed by atoms with van der Waals surface area (Å²) >= 11 is 1.18. The number of aromatic nitrogens is 4. The van der Waals surface area contributed by atoms with E-state index in [9.17, 15) is 4.79 Å². The molecule has 100 valence electrons. The van der Waals surface area contributed by atoms with Gasteiger partial charge in [0.25, 0.3) is 5.56 Å². The maximum Gasteiger partial charge on any atom is 0.299 e. The number of H-pyrrole nitrogens is 1. The summed E-state index contributed by atoms with van der Waals surface area (Å²) in [5.41, 5.74) is 7.22. The average molecular weight is 287 g/mol. The quantitative estimate of drug-likeness (QED) is 0.551. The number of methoxy groups -OCH3 is 1. The van der Waals surface area contributed by atoms with E-state index in [-0.39, 0.29) is 5.56 Å². The van der Waals surface area contributed by atoms with Crippen LogP contribution in [-0.2, 0) is 0 Å². The molecule has 3 aromatic heterocycles. The maximum absolute atomic E-state index is 12.4. The monoisotopic (exact) mass is 287 g/mol.